The van der Waals surface area contributed by atoms with E-state index in [0.29, 0.717) is 11.5 Å². The van der Waals surface area contributed by atoms with Crippen LogP contribution in [0.15, 0.2) is 94.6 Å². The number of aryl methyl sites for hydroxylation is 1. The largest absolute Gasteiger partial charge is 0.497 e. The van der Waals surface area contributed by atoms with Crippen LogP contribution in [-0.2, 0) is 36.1 Å². The monoisotopic (exact) mass is 688 g/mol. The lowest BCUT2D eigenvalue weighted by Gasteiger charge is -2.37. The van der Waals surface area contributed by atoms with E-state index in [1.54, 1.807) is 35.0 Å². The lowest BCUT2D eigenvalue weighted by molar-refractivity contribution is -0.157. The maximum Gasteiger partial charge on any atom is 0.336 e. The molecule has 3 aromatic carbocycles. The van der Waals surface area contributed by atoms with Gasteiger partial charge in [-0.1, -0.05) is 54.6 Å². The normalized spacial score (nSPS) is 19.3. The summed E-state index contributed by atoms with van der Waals surface area (Å²) in [5.41, 5.74) is -0.869. The minimum absolute atomic E-state index is 0.138. The van der Waals surface area contributed by atoms with Gasteiger partial charge in [0.1, 0.15) is 35.4 Å². The van der Waals surface area contributed by atoms with Crippen molar-refractivity contribution < 1.29 is 38.3 Å². The Hall–Kier alpha value is -4.75. The van der Waals surface area contributed by atoms with Gasteiger partial charge in [0.2, 0.25) is 0 Å². The third-order valence-electron chi connectivity index (χ3n) is 8.80. The van der Waals surface area contributed by atoms with E-state index in [-0.39, 0.29) is 12.2 Å². The first-order valence-electron chi connectivity index (χ1n) is 16.2. The molecule has 2 heterocycles. The van der Waals surface area contributed by atoms with E-state index in [1.165, 1.54) is 24.8 Å². The zero-order chi connectivity index (χ0) is 36.2. The summed E-state index contributed by atoms with van der Waals surface area (Å²) in [7, 11) is 4.59. The van der Waals surface area contributed by atoms with Crippen molar-refractivity contribution in [1.82, 2.24) is 9.13 Å². The molecule has 1 saturated heterocycles. The third kappa shape index (κ3) is 7.10. The molecule has 0 amide bonds. The van der Waals surface area contributed by atoms with Crippen LogP contribution in [0, 0.1) is 12.3 Å². The van der Waals surface area contributed by atoms with E-state index in [4.69, 9.17) is 28.4 Å². The standard InChI is InChI=1S/C38H44N2O10/c1-24-21-39(36(44)40(33(24)42)23-48-35(43)37(2,3)4)34-32(47-7)31(41)30(50-34)22-49-38(25-11-9-8-10-12-25,26-13-17-28(45-5)18-14-26)27-15-19-29(46-6)20-16-27/h8-21,30-32,34,41H,22-23H2,1-7H3/t30-,31-,32+,34+/m0/s1. The highest BCUT2D eigenvalue weighted by Gasteiger charge is 2.48. The van der Waals surface area contributed by atoms with E-state index in [0.717, 1.165) is 21.3 Å². The number of nitrogens with zero attached hydrogens (tertiary/aromatic N) is 2. The highest BCUT2D eigenvalue weighted by Crippen LogP contribution is 2.43. The van der Waals surface area contributed by atoms with Gasteiger partial charge in [0.15, 0.2) is 13.0 Å². The SMILES string of the molecule is COc1ccc(C(OC[C@@H]2O[C@@H](n3cc(C)c(=O)n(COC(=O)C(C)(C)C)c3=O)[C@H](OC)[C@H]2O)(c2ccccc2)c2ccc(OC)cc2)cc1. The van der Waals surface area contributed by atoms with Gasteiger partial charge in [-0.2, -0.15) is 0 Å². The van der Waals surface area contributed by atoms with Gasteiger partial charge in [0.25, 0.3) is 5.56 Å². The number of carbonyl (C=O) groups is 1. The molecule has 1 aliphatic rings. The zero-order valence-corrected chi connectivity index (χ0v) is 29.3. The van der Waals surface area contributed by atoms with Gasteiger partial charge >= 0.3 is 11.7 Å². The van der Waals surface area contributed by atoms with Gasteiger partial charge in [0.05, 0.1) is 26.2 Å². The second-order valence-electron chi connectivity index (χ2n) is 13.1. The number of benzene rings is 3. The van der Waals surface area contributed by atoms with Crippen molar-refractivity contribution in [2.75, 3.05) is 27.9 Å². The van der Waals surface area contributed by atoms with E-state index in [1.807, 2.05) is 78.9 Å². The van der Waals surface area contributed by atoms with Crippen LogP contribution in [0.25, 0.3) is 0 Å². The minimum Gasteiger partial charge on any atom is -0.497 e. The molecule has 50 heavy (non-hydrogen) atoms. The Labute approximate surface area is 290 Å². The summed E-state index contributed by atoms with van der Waals surface area (Å²) >= 11 is 0. The first-order valence-corrected chi connectivity index (χ1v) is 16.2. The molecule has 1 aliphatic heterocycles. The van der Waals surface area contributed by atoms with Crippen molar-refractivity contribution >= 4 is 5.97 Å². The molecule has 5 rings (SSSR count). The fourth-order valence-electron chi connectivity index (χ4n) is 6.01. The number of rotatable bonds is 12. The number of aliphatic hydroxyl groups is 1. The maximum absolute atomic E-state index is 13.7. The van der Waals surface area contributed by atoms with Crippen molar-refractivity contribution in [1.29, 1.82) is 0 Å². The van der Waals surface area contributed by atoms with Crippen LogP contribution in [0.4, 0.5) is 0 Å². The molecule has 1 N–H and O–H groups in total. The van der Waals surface area contributed by atoms with E-state index >= 15 is 0 Å². The molecule has 0 unspecified atom stereocenters. The molecule has 0 spiro atoms. The van der Waals surface area contributed by atoms with E-state index in [2.05, 4.69) is 0 Å². The van der Waals surface area contributed by atoms with Crippen molar-refractivity contribution in [2.45, 2.75) is 64.6 Å². The molecular weight excluding hydrogens is 644 g/mol. The first-order chi connectivity index (χ1) is 23.8. The maximum atomic E-state index is 13.7. The summed E-state index contributed by atoms with van der Waals surface area (Å²) < 4.78 is 37.1. The van der Waals surface area contributed by atoms with E-state index < -0.39 is 59.5 Å². The Morgan fingerprint density at radius 3 is 1.88 bits per heavy atom. The van der Waals surface area contributed by atoms with Crippen LogP contribution in [0.5, 0.6) is 11.5 Å². The smallest absolute Gasteiger partial charge is 0.336 e. The predicted molar refractivity (Wildman–Crippen MR) is 184 cm³/mol. The lowest BCUT2D eigenvalue weighted by Crippen LogP contribution is -2.45. The number of esters is 1. The van der Waals surface area contributed by atoms with Crippen molar-refractivity contribution in [3.63, 3.8) is 0 Å². The van der Waals surface area contributed by atoms with Crippen LogP contribution in [0.1, 0.15) is 49.3 Å². The van der Waals surface area contributed by atoms with Gasteiger partial charge in [-0.25, -0.2) is 9.36 Å². The quantitative estimate of drug-likeness (QED) is 0.171. The van der Waals surface area contributed by atoms with Crippen molar-refractivity contribution in [2.24, 2.45) is 5.41 Å². The molecule has 1 aromatic heterocycles. The fraction of sp³-hybridized carbons (Fsp3) is 0.395. The van der Waals surface area contributed by atoms with Crippen LogP contribution < -0.4 is 20.7 Å². The molecule has 12 nitrogen and oxygen atoms in total. The number of ether oxygens (including phenoxy) is 6. The highest BCUT2D eigenvalue weighted by atomic mass is 16.6. The highest BCUT2D eigenvalue weighted by molar-refractivity contribution is 5.75. The van der Waals surface area contributed by atoms with Crippen LogP contribution in [0.2, 0.25) is 0 Å². The number of methoxy groups -OCH3 is 3. The Morgan fingerprint density at radius 2 is 1.38 bits per heavy atom. The molecule has 12 heteroatoms. The van der Waals surface area contributed by atoms with Crippen LogP contribution in [-0.4, -0.2) is 66.5 Å². The van der Waals surface area contributed by atoms with Gasteiger partial charge < -0.3 is 33.5 Å². The van der Waals surface area contributed by atoms with Crippen LogP contribution >= 0.6 is 0 Å². The van der Waals surface area contributed by atoms with Crippen LogP contribution in [0.3, 0.4) is 0 Å². The van der Waals surface area contributed by atoms with Gasteiger partial charge in [-0.05, 0) is 68.7 Å². The molecule has 0 aliphatic carbocycles. The Balaban J connectivity index is 1.53. The summed E-state index contributed by atoms with van der Waals surface area (Å²) in [5, 5.41) is 11.6. The summed E-state index contributed by atoms with van der Waals surface area (Å²) in [4.78, 5) is 39.2. The summed E-state index contributed by atoms with van der Waals surface area (Å²) in [6.07, 6.45) is -3.03. The predicted octanol–water partition coefficient (Wildman–Crippen LogP) is 4.16. The van der Waals surface area contributed by atoms with E-state index in [9.17, 15) is 19.5 Å². The van der Waals surface area contributed by atoms with Crippen molar-refractivity contribution in [3.8, 4) is 11.5 Å². The third-order valence-corrected chi connectivity index (χ3v) is 8.80. The average molecular weight is 689 g/mol. The summed E-state index contributed by atoms with van der Waals surface area (Å²) in [5.74, 6) is 0.758. The first kappa shape index (κ1) is 36.5. The van der Waals surface area contributed by atoms with Gasteiger partial charge in [0, 0.05) is 18.9 Å². The number of hydrogen-bond acceptors (Lipinski definition) is 10. The molecule has 4 atom stereocenters. The topological polar surface area (TPSA) is 137 Å². The van der Waals surface area contributed by atoms with Gasteiger partial charge in [-0.3, -0.25) is 14.2 Å². The molecule has 0 saturated carbocycles. The van der Waals surface area contributed by atoms with Gasteiger partial charge in [-0.15, -0.1) is 0 Å². The second-order valence-corrected chi connectivity index (χ2v) is 13.1. The molecular formula is C38H44N2O10. The Kier molecular flexibility index (Phi) is 11.0. The Morgan fingerprint density at radius 1 is 0.840 bits per heavy atom. The molecule has 0 radical (unpaired) electrons. The molecule has 1 fully saturated rings. The number of carbonyl (C=O) groups excluding carboxylic acids is 1. The number of aliphatic hydroxyl groups excluding tert-OH is 1. The fourth-order valence-corrected chi connectivity index (χ4v) is 6.01. The summed E-state index contributed by atoms with van der Waals surface area (Å²) in [6, 6.07) is 24.7. The Bertz CT molecular complexity index is 1830. The zero-order valence-electron chi connectivity index (χ0n) is 29.3. The average Bonchev–Trinajstić information content (AvgIpc) is 3.44. The van der Waals surface area contributed by atoms with Crippen molar-refractivity contribution in [3.05, 3.63) is 128 Å². The number of hydrogen-bond donors (Lipinski definition) is 1. The molecule has 4 aromatic rings. The minimum atomic E-state index is -1.24. The second kappa shape index (κ2) is 15.0. The lowest BCUT2D eigenvalue weighted by atomic mass is 9.80. The number of aromatic nitrogens is 2. The molecule has 0 bridgehead atoms. The summed E-state index contributed by atoms with van der Waals surface area (Å²) in [6.45, 7) is 5.82. The molecule has 266 valence electrons.